The largest absolute Gasteiger partial charge is 0.348 e. The smallest absolute Gasteiger partial charge is 0.169 e. The summed E-state index contributed by atoms with van der Waals surface area (Å²) in [5, 5.41) is 0. The van der Waals surface area contributed by atoms with Crippen LogP contribution in [-0.4, -0.2) is 19.0 Å². The Bertz CT molecular complexity index is 208. The quantitative estimate of drug-likeness (QED) is 0.550. The third kappa shape index (κ3) is 0.882. The van der Waals surface area contributed by atoms with Crippen LogP contribution in [0.15, 0.2) is 0 Å². The van der Waals surface area contributed by atoms with Crippen molar-refractivity contribution in [3.63, 3.8) is 0 Å². The van der Waals surface area contributed by atoms with Crippen molar-refractivity contribution in [2.45, 2.75) is 38.4 Å². The minimum atomic E-state index is -0.151. The first kappa shape index (κ1) is 7.34. The molecule has 0 bridgehead atoms. The van der Waals surface area contributed by atoms with E-state index in [1.54, 1.807) is 0 Å². The molecule has 0 aromatic carbocycles. The van der Waals surface area contributed by atoms with Gasteiger partial charge in [-0.3, -0.25) is 0 Å². The van der Waals surface area contributed by atoms with Gasteiger partial charge in [0.1, 0.15) is 0 Å². The van der Waals surface area contributed by atoms with Gasteiger partial charge in [0.15, 0.2) is 5.79 Å². The minimum absolute atomic E-state index is 0.151. The lowest BCUT2D eigenvalue weighted by Crippen LogP contribution is -2.36. The monoisotopic (exact) mass is 168 g/mol. The first-order chi connectivity index (χ1) is 5.73. The molecule has 2 saturated carbocycles. The van der Waals surface area contributed by atoms with Crippen molar-refractivity contribution >= 4 is 0 Å². The molecular formula is C10H16O2. The van der Waals surface area contributed by atoms with Gasteiger partial charge < -0.3 is 9.47 Å². The molecule has 0 aromatic rings. The van der Waals surface area contributed by atoms with Gasteiger partial charge in [-0.05, 0) is 24.2 Å². The van der Waals surface area contributed by atoms with E-state index in [1.165, 1.54) is 12.8 Å². The van der Waals surface area contributed by atoms with E-state index in [1.807, 2.05) is 0 Å². The molecule has 1 spiro atoms. The van der Waals surface area contributed by atoms with Gasteiger partial charge in [0.05, 0.1) is 13.2 Å². The lowest BCUT2D eigenvalue weighted by molar-refractivity contribution is -0.187. The fourth-order valence-corrected chi connectivity index (χ4v) is 3.01. The van der Waals surface area contributed by atoms with Gasteiger partial charge in [0, 0.05) is 12.8 Å². The summed E-state index contributed by atoms with van der Waals surface area (Å²) < 4.78 is 11.4. The molecule has 12 heavy (non-hydrogen) atoms. The topological polar surface area (TPSA) is 18.5 Å². The predicted octanol–water partition coefficient (Wildman–Crippen LogP) is 1.94. The zero-order valence-corrected chi connectivity index (χ0v) is 7.64. The van der Waals surface area contributed by atoms with Gasteiger partial charge in [-0.25, -0.2) is 0 Å². The second-order valence-electron chi connectivity index (χ2n) is 4.88. The number of rotatable bonds is 0. The average Bonchev–Trinajstić information content (AvgIpc) is 2.47. The fourth-order valence-electron chi connectivity index (χ4n) is 3.01. The van der Waals surface area contributed by atoms with Crippen molar-refractivity contribution in [3.05, 3.63) is 0 Å². The predicted molar refractivity (Wildman–Crippen MR) is 44.7 cm³/mol. The van der Waals surface area contributed by atoms with Crippen molar-refractivity contribution in [1.29, 1.82) is 0 Å². The zero-order chi connectivity index (χ0) is 8.23. The van der Waals surface area contributed by atoms with Crippen LogP contribution in [0, 0.1) is 11.3 Å². The van der Waals surface area contributed by atoms with E-state index in [0.717, 1.165) is 32.0 Å². The lowest BCUT2D eigenvalue weighted by Gasteiger charge is -2.34. The molecule has 0 amide bonds. The highest BCUT2D eigenvalue weighted by Crippen LogP contribution is 2.64. The molecule has 1 saturated heterocycles. The Morgan fingerprint density at radius 3 is 2.67 bits per heavy atom. The van der Waals surface area contributed by atoms with Gasteiger partial charge in [-0.1, -0.05) is 6.92 Å². The lowest BCUT2D eigenvalue weighted by atomic mass is 9.85. The Hall–Kier alpha value is -0.0800. The summed E-state index contributed by atoms with van der Waals surface area (Å²) in [4.78, 5) is 0. The summed E-state index contributed by atoms with van der Waals surface area (Å²) >= 11 is 0. The van der Waals surface area contributed by atoms with Crippen LogP contribution in [0.4, 0.5) is 0 Å². The Balaban J connectivity index is 1.80. The number of hydrogen-bond donors (Lipinski definition) is 0. The molecule has 2 nitrogen and oxygen atoms in total. The maximum absolute atomic E-state index is 5.72. The van der Waals surface area contributed by atoms with Gasteiger partial charge in [-0.15, -0.1) is 0 Å². The highest BCUT2D eigenvalue weighted by molar-refractivity contribution is 5.06. The summed E-state index contributed by atoms with van der Waals surface area (Å²) in [6, 6.07) is 0. The summed E-state index contributed by atoms with van der Waals surface area (Å²) in [7, 11) is 0. The van der Waals surface area contributed by atoms with Gasteiger partial charge in [0.2, 0.25) is 0 Å². The first-order valence-corrected chi connectivity index (χ1v) is 5.00. The van der Waals surface area contributed by atoms with Crippen LogP contribution in [0.2, 0.25) is 0 Å². The van der Waals surface area contributed by atoms with E-state index in [9.17, 15) is 0 Å². The van der Waals surface area contributed by atoms with E-state index in [4.69, 9.17) is 9.47 Å². The van der Waals surface area contributed by atoms with Crippen molar-refractivity contribution in [2.75, 3.05) is 13.2 Å². The van der Waals surface area contributed by atoms with E-state index in [2.05, 4.69) is 6.92 Å². The summed E-state index contributed by atoms with van der Waals surface area (Å²) in [5.41, 5.74) is 0.572. The van der Waals surface area contributed by atoms with E-state index >= 15 is 0 Å². The molecular weight excluding hydrogens is 152 g/mol. The number of fused-ring (bicyclic) bond motifs is 1. The van der Waals surface area contributed by atoms with Gasteiger partial charge >= 0.3 is 0 Å². The summed E-state index contributed by atoms with van der Waals surface area (Å²) in [6.45, 7) is 3.99. The molecule has 3 fully saturated rings. The molecule has 2 aliphatic carbocycles. The van der Waals surface area contributed by atoms with Gasteiger partial charge in [-0.2, -0.15) is 0 Å². The Morgan fingerprint density at radius 2 is 2.00 bits per heavy atom. The van der Waals surface area contributed by atoms with E-state index < -0.39 is 0 Å². The van der Waals surface area contributed by atoms with Crippen molar-refractivity contribution in [2.24, 2.45) is 11.3 Å². The third-order valence-corrected chi connectivity index (χ3v) is 3.90. The van der Waals surface area contributed by atoms with Crippen LogP contribution in [-0.2, 0) is 9.47 Å². The molecule has 2 heteroatoms. The SMILES string of the molecule is C[C@]12C[C@@H]1CCC1(C2)OCCO1. The number of hydrogen-bond acceptors (Lipinski definition) is 2. The van der Waals surface area contributed by atoms with Crippen LogP contribution < -0.4 is 0 Å². The molecule has 0 aromatic heterocycles. The fraction of sp³-hybridized carbons (Fsp3) is 1.00. The molecule has 1 heterocycles. The summed E-state index contributed by atoms with van der Waals surface area (Å²) in [5.74, 6) is 0.831. The highest BCUT2D eigenvalue weighted by Gasteiger charge is 2.59. The number of ether oxygens (including phenoxy) is 2. The molecule has 1 aliphatic heterocycles. The van der Waals surface area contributed by atoms with Crippen LogP contribution >= 0.6 is 0 Å². The molecule has 3 rings (SSSR count). The van der Waals surface area contributed by atoms with E-state index in [-0.39, 0.29) is 5.79 Å². The normalized spacial score (nSPS) is 49.2. The Morgan fingerprint density at radius 1 is 1.25 bits per heavy atom. The second-order valence-corrected chi connectivity index (χ2v) is 4.88. The highest BCUT2D eigenvalue weighted by atomic mass is 16.7. The second kappa shape index (κ2) is 2.05. The van der Waals surface area contributed by atoms with E-state index in [0.29, 0.717) is 5.41 Å². The standard InChI is InChI=1S/C10H16O2/c1-9-6-8(9)2-3-10(7-9)11-4-5-12-10/h8H,2-7H2,1H3/t8-,9+/m0/s1. The van der Waals surface area contributed by atoms with Gasteiger partial charge in [0.25, 0.3) is 0 Å². The maximum Gasteiger partial charge on any atom is 0.169 e. The molecule has 0 radical (unpaired) electrons. The van der Waals surface area contributed by atoms with Crippen molar-refractivity contribution in [3.8, 4) is 0 Å². The van der Waals surface area contributed by atoms with Crippen LogP contribution in [0.25, 0.3) is 0 Å². The molecule has 0 N–H and O–H groups in total. The first-order valence-electron chi connectivity index (χ1n) is 5.00. The van der Waals surface area contributed by atoms with Crippen LogP contribution in [0.1, 0.15) is 32.6 Å². The third-order valence-electron chi connectivity index (χ3n) is 3.90. The average molecular weight is 168 g/mol. The van der Waals surface area contributed by atoms with Crippen LogP contribution in [0.5, 0.6) is 0 Å². The molecule has 0 unspecified atom stereocenters. The van der Waals surface area contributed by atoms with Crippen molar-refractivity contribution < 1.29 is 9.47 Å². The Labute approximate surface area is 73.2 Å². The zero-order valence-electron chi connectivity index (χ0n) is 7.64. The minimum Gasteiger partial charge on any atom is -0.348 e. The molecule has 3 aliphatic rings. The van der Waals surface area contributed by atoms with Crippen LogP contribution in [0.3, 0.4) is 0 Å². The summed E-state index contributed by atoms with van der Waals surface area (Å²) in [6.07, 6.45) is 5.00. The maximum atomic E-state index is 5.72. The van der Waals surface area contributed by atoms with Crippen molar-refractivity contribution in [1.82, 2.24) is 0 Å². The molecule has 68 valence electrons. The molecule has 2 atom stereocenters. The Kier molecular flexibility index (Phi) is 1.25.